The summed E-state index contributed by atoms with van der Waals surface area (Å²) in [5.74, 6) is 0.330. The molecule has 1 aliphatic rings. The number of ketones is 1. The molecule has 1 saturated heterocycles. The largest absolute Gasteiger partial charge is 0.507 e. The van der Waals surface area contributed by atoms with E-state index in [1.165, 1.54) is 19.1 Å². The predicted molar refractivity (Wildman–Crippen MR) is 144 cm³/mol. The monoisotopic (exact) mass is 517 g/mol. The average Bonchev–Trinajstić information content (AvgIpc) is 3.19. The molecular weight excluding hydrogens is 486 g/mol. The van der Waals surface area contributed by atoms with Crippen molar-refractivity contribution in [2.45, 2.75) is 26.8 Å². The van der Waals surface area contributed by atoms with Gasteiger partial charge >= 0.3 is 0 Å². The van der Waals surface area contributed by atoms with Crippen molar-refractivity contribution in [1.29, 1.82) is 0 Å². The molecule has 38 heavy (non-hydrogen) atoms. The SMILES string of the molecule is CCOc1ccc(/C(O)=C2/C(=O)C(=O)N(c3cccc(OC)c3)C2c2ccc(OC)c(OCC)c2)cc1C. The van der Waals surface area contributed by atoms with Crippen molar-refractivity contribution < 1.29 is 33.6 Å². The van der Waals surface area contributed by atoms with Crippen molar-refractivity contribution in [3.8, 4) is 23.0 Å². The maximum absolute atomic E-state index is 13.5. The number of rotatable bonds is 9. The summed E-state index contributed by atoms with van der Waals surface area (Å²) in [4.78, 5) is 28.4. The van der Waals surface area contributed by atoms with Gasteiger partial charge in [-0.3, -0.25) is 14.5 Å². The lowest BCUT2D eigenvalue weighted by Crippen LogP contribution is -2.29. The van der Waals surface area contributed by atoms with Crippen LogP contribution in [0.2, 0.25) is 0 Å². The van der Waals surface area contributed by atoms with Gasteiger partial charge in [0.2, 0.25) is 0 Å². The lowest BCUT2D eigenvalue weighted by Gasteiger charge is -2.26. The number of carbonyl (C=O) groups is 2. The van der Waals surface area contributed by atoms with Gasteiger partial charge in [0.15, 0.2) is 11.5 Å². The first-order valence-corrected chi connectivity index (χ1v) is 12.3. The molecule has 1 amide bonds. The zero-order valence-electron chi connectivity index (χ0n) is 22.1. The van der Waals surface area contributed by atoms with Crippen LogP contribution in [0.25, 0.3) is 5.76 Å². The molecule has 0 saturated carbocycles. The predicted octanol–water partition coefficient (Wildman–Crippen LogP) is 5.44. The number of aliphatic hydroxyl groups excluding tert-OH is 1. The van der Waals surface area contributed by atoms with Gasteiger partial charge in [-0.05, 0) is 74.4 Å². The third-order valence-electron chi connectivity index (χ3n) is 6.33. The van der Waals surface area contributed by atoms with E-state index in [0.717, 1.165) is 5.56 Å². The number of aryl methyl sites for hydroxylation is 1. The third-order valence-corrected chi connectivity index (χ3v) is 6.33. The van der Waals surface area contributed by atoms with E-state index in [9.17, 15) is 14.7 Å². The fourth-order valence-electron chi connectivity index (χ4n) is 4.58. The van der Waals surface area contributed by atoms with Crippen molar-refractivity contribution >= 4 is 23.1 Å². The molecule has 198 valence electrons. The average molecular weight is 518 g/mol. The van der Waals surface area contributed by atoms with Crippen LogP contribution in [-0.4, -0.2) is 44.2 Å². The molecule has 1 aliphatic heterocycles. The fourth-order valence-corrected chi connectivity index (χ4v) is 4.58. The summed E-state index contributed by atoms with van der Waals surface area (Å²) < 4.78 is 22.2. The van der Waals surface area contributed by atoms with Gasteiger partial charge in [-0.2, -0.15) is 0 Å². The summed E-state index contributed by atoms with van der Waals surface area (Å²) in [5.41, 5.74) is 2.18. The van der Waals surface area contributed by atoms with Gasteiger partial charge in [0.05, 0.1) is 39.0 Å². The van der Waals surface area contributed by atoms with Gasteiger partial charge in [-0.1, -0.05) is 12.1 Å². The Kier molecular flexibility index (Phi) is 7.90. The van der Waals surface area contributed by atoms with E-state index in [-0.39, 0.29) is 11.3 Å². The maximum atomic E-state index is 13.5. The molecule has 8 heteroatoms. The zero-order chi connectivity index (χ0) is 27.4. The molecule has 0 aromatic heterocycles. The van der Waals surface area contributed by atoms with Crippen molar-refractivity contribution in [3.63, 3.8) is 0 Å². The highest BCUT2D eigenvalue weighted by atomic mass is 16.5. The summed E-state index contributed by atoms with van der Waals surface area (Å²) in [6.07, 6.45) is 0. The van der Waals surface area contributed by atoms with E-state index in [1.54, 1.807) is 60.7 Å². The van der Waals surface area contributed by atoms with E-state index in [0.29, 0.717) is 53.0 Å². The molecule has 1 heterocycles. The summed E-state index contributed by atoms with van der Waals surface area (Å²) in [5, 5.41) is 11.5. The number of aliphatic hydroxyl groups is 1. The Morgan fingerprint density at radius 3 is 2.24 bits per heavy atom. The molecular formula is C30H31NO7. The second-order valence-electron chi connectivity index (χ2n) is 8.63. The molecule has 3 aromatic rings. The summed E-state index contributed by atoms with van der Waals surface area (Å²) in [6, 6.07) is 16.3. The van der Waals surface area contributed by atoms with Crippen LogP contribution in [0.3, 0.4) is 0 Å². The van der Waals surface area contributed by atoms with Crippen LogP contribution in [0.5, 0.6) is 23.0 Å². The fraction of sp³-hybridized carbons (Fsp3) is 0.267. The minimum atomic E-state index is -0.931. The summed E-state index contributed by atoms with van der Waals surface area (Å²) in [7, 11) is 3.06. The smallest absolute Gasteiger partial charge is 0.300 e. The standard InChI is InChI=1S/C30H31NO7/c1-6-37-23-13-12-20(15-18(23)3)28(32)26-27(19-11-14-24(36-5)25(16-19)38-7-2)31(30(34)29(26)33)21-9-8-10-22(17-21)35-4/h8-17,27,32H,6-7H2,1-5H3/b28-26-. The van der Waals surface area contributed by atoms with Crippen molar-refractivity contribution in [3.05, 3.63) is 82.9 Å². The van der Waals surface area contributed by atoms with Gasteiger partial charge in [-0.25, -0.2) is 0 Å². The second kappa shape index (κ2) is 11.3. The Hall–Kier alpha value is -4.46. The minimum Gasteiger partial charge on any atom is -0.507 e. The molecule has 8 nitrogen and oxygen atoms in total. The topological polar surface area (TPSA) is 94.5 Å². The maximum Gasteiger partial charge on any atom is 0.300 e. The van der Waals surface area contributed by atoms with Gasteiger partial charge in [0.25, 0.3) is 11.7 Å². The third kappa shape index (κ3) is 4.89. The molecule has 0 aliphatic carbocycles. The van der Waals surface area contributed by atoms with E-state index in [4.69, 9.17) is 18.9 Å². The highest BCUT2D eigenvalue weighted by Crippen LogP contribution is 2.45. The molecule has 0 bridgehead atoms. The Balaban J connectivity index is 1.95. The highest BCUT2D eigenvalue weighted by Gasteiger charge is 2.47. The van der Waals surface area contributed by atoms with Crippen LogP contribution in [0.1, 0.15) is 36.6 Å². The number of benzene rings is 3. The number of nitrogens with zero attached hydrogens (tertiary/aromatic N) is 1. The number of methoxy groups -OCH3 is 2. The molecule has 4 rings (SSSR count). The molecule has 1 unspecified atom stereocenters. The second-order valence-corrected chi connectivity index (χ2v) is 8.63. The number of hydrogen-bond donors (Lipinski definition) is 1. The van der Waals surface area contributed by atoms with Crippen LogP contribution in [0.15, 0.2) is 66.2 Å². The van der Waals surface area contributed by atoms with Crippen LogP contribution < -0.4 is 23.8 Å². The van der Waals surface area contributed by atoms with E-state index < -0.39 is 17.7 Å². The first kappa shape index (κ1) is 26.6. The van der Waals surface area contributed by atoms with Gasteiger partial charge < -0.3 is 24.1 Å². The Morgan fingerprint density at radius 1 is 0.868 bits per heavy atom. The Morgan fingerprint density at radius 2 is 1.58 bits per heavy atom. The molecule has 0 radical (unpaired) electrons. The number of Topliss-reactive ketones (excluding diaryl/α,β-unsaturated/α-hetero) is 1. The number of hydrogen-bond acceptors (Lipinski definition) is 7. The minimum absolute atomic E-state index is 0.0333. The molecule has 3 aromatic carbocycles. The van der Waals surface area contributed by atoms with Gasteiger partial charge in [-0.15, -0.1) is 0 Å². The number of carbonyl (C=O) groups excluding carboxylic acids is 2. The van der Waals surface area contributed by atoms with Gasteiger partial charge in [0, 0.05) is 17.3 Å². The number of ether oxygens (including phenoxy) is 4. The summed E-state index contributed by atoms with van der Waals surface area (Å²) >= 11 is 0. The normalized spacial score (nSPS) is 16.4. The van der Waals surface area contributed by atoms with Crippen molar-refractivity contribution in [2.75, 3.05) is 32.3 Å². The molecule has 1 fully saturated rings. The lowest BCUT2D eigenvalue weighted by atomic mass is 9.94. The number of anilines is 1. The molecule has 1 atom stereocenters. The summed E-state index contributed by atoms with van der Waals surface area (Å²) in [6.45, 7) is 6.48. The van der Waals surface area contributed by atoms with Crippen molar-refractivity contribution in [2.24, 2.45) is 0 Å². The highest BCUT2D eigenvalue weighted by molar-refractivity contribution is 6.51. The van der Waals surface area contributed by atoms with Crippen LogP contribution in [0.4, 0.5) is 5.69 Å². The van der Waals surface area contributed by atoms with Gasteiger partial charge in [0.1, 0.15) is 17.3 Å². The lowest BCUT2D eigenvalue weighted by molar-refractivity contribution is -0.132. The molecule has 1 N–H and O–H groups in total. The Labute approximate surface area is 222 Å². The van der Waals surface area contributed by atoms with E-state index in [2.05, 4.69) is 0 Å². The first-order chi connectivity index (χ1) is 18.3. The van der Waals surface area contributed by atoms with Crippen LogP contribution in [0, 0.1) is 6.92 Å². The first-order valence-electron chi connectivity index (χ1n) is 12.3. The van der Waals surface area contributed by atoms with Crippen molar-refractivity contribution in [1.82, 2.24) is 0 Å². The molecule has 0 spiro atoms. The zero-order valence-corrected chi connectivity index (χ0v) is 22.1. The van der Waals surface area contributed by atoms with E-state index in [1.807, 2.05) is 20.8 Å². The van der Waals surface area contributed by atoms with E-state index >= 15 is 0 Å². The number of amides is 1. The Bertz CT molecular complexity index is 1400. The quantitative estimate of drug-likeness (QED) is 0.230. The van der Waals surface area contributed by atoms with Crippen LogP contribution in [-0.2, 0) is 9.59 Å². The van der Waals surface area contributed by atoms with Crippen LogP contribution >= 0.6 is 0 Å².